The lowest BCUT2D eigenvalue weighted by Crippen LogP contribution is -2.31. The van der Waals surface area contributed by atoms with E-state index in [2.05, 4.69) is 0 Å². The molecule has 0 spiro atoms. The van der Waals surface area contributed by atoms with Gasteiger partial charge in [0.2, 0.25) is 5.91 Å². The zero-order valence-electron chi connectivity index (χ0n) is 11.5. The van der Waals surface area contributed by atoms with Gasteiger partial charge in [-0.3, -0.25) is 4.79 Å². The summed E-state index contributed by atoms with van der Waals surface area (Å²) in [6.45, 7) is 1.28. The standard InChI is InChI=1S/C15H17F3N2O/c16-15(17,18)12-10-11(5-7-14(19)21)4-6-13(12)20-8-2-1-3-9-20/h4-7,10H,1-3,8-9H2,(H2,19,21)/b7-5-. The predicted molar refractivity (Wildman–Crippen MR) is 75.7 cm³/mol. The molecule has 21 heavy (non-hydrogen) atoms. The van der Waals surface area contributed by atoms with Crippen LogP contribution >= 0.6 is 0 Å². The molecule has 1 aromatic rings. The number of anilines is 1. The summed E-state index contributed by atoms with van der Waals surface area (Å²) in [5.41, 5.74) is 4.80. The molecule has 1 aliphatic heterocycles. The van der Waals surface area contributed by atoms with Crippen molar-refractivity contribution >= 4 is 17.7 Å². The average molecular weight is 298 g/mol. The van der Waals surface area contributed by atoms with Gasteiger partial charge in [0.15, 0.2) is 0 Å². The van der Waals surface area contributed by atoms with E-state index in [9.17, 15) is 18.0 Å². The van der Waals surface area contributed by atoms with E-state index in [1.165, 1.54) is 12.1 Å². The molecule has 2 rings (SSSR count). The molecule has 1 aliphatic rings. The van der Waals surface area contributed by atoms with Crippen molar-refractivity contribution in [3.8, 4) is 0 Å². The van der Waals surface area contributed by atoms with Crippen LogP contribution in [0.4, 0.5) is 18.9 Å². The lowest BCUT2D eigenvalue weighted by molar-refractivity contribution is -0.137. The molecule has 114 valence electrons. The molecule has 0 aliphatic carbocycles. The Morgan fingerprint density at radius 1 is 1.19 bits per heavy atom. The summed E-state index contributed by atoms with van der Waals surface area (Å²) in [5, 5.41) is 0. The molecule has 1 heterocycles. The van der Waals surface area contributed by atoms with Gasteiger partial charge in [-0.25, -0.2) is 0 Å². The summed E-state index contributed by atoms with van der Waals surface area (Å²) < 4.78 is 39.7. The van der Waals surface area contributed by atoms with Gasteiger partial charge in [0.1, 0.15) is 0 Å². The van der Waals surface area contributed by atoms with Crippen LogP contribution in [0.3, 0.4) is 0 Å². The summed E-state index contributed by atoms with van der Waals surface area (Å²) in [6, 6.07) is 4.09. The number of primary amides is 1. The van der Waals surface area contributed by atoms with Gasteiger partial charge in [-0.2, -0.15) is 13.2 Å². The summed E-state index contributed by atoms with van der Waals surface area (Å²) >= 11 is 0. The fourth-order valence-electron chi connectivity index (χ4n) is 2.47. The number of benzene rings is 1. The molecule has 0 bridgehead atoms. The maximum absolute atomic E-state index is 13.2. The third kappa shape index (κ3) is 4.00. The lowest BCUT2D eigenvalue weighted by atomic mass is 10.0. The second-order valence-corrected chi connectivity index (χ2v) is 5.06. The zero-order valence-corrected chi connectivity index (χ0v) is 11.5. The molecule has 1 aromatic carbocycles. The molecule has 0 unspecified atom stereocenters. The first-order valence-corrected chi connectivity index (χ1v) is 6.81. The smallest absolute Gasteiger partial charge is 0.371 e. The number of amides is 1. The number of carbonyl (C=O) groups is 1. The van der Waals surface area contributed by atoms with Crippen molar-refractivity contribution in [3.05, 3.63) is 35.4 Å². The van der Waals surface area contributed by atoms with Crippen molar-refractivity contribution < 1.29 is 18.0 Å². The van der Waals surface area contributed by atoms with Crippen LogP contribution < -0.4 is 10.6 Å². The maximum Gasteiger partial charge on any atom is 0.418 e. The van der Waals surface area contributed by atoms with Gasteiger partial charge in [-0.15, -0.1) is 0 Å². The van der Waals surface area contributed by atoms with E-state index < -0.39 is 17.6 Å². The van der Waals surface area contributed by atoms with Gasteiger partial charge in [0, 0.05) is 24.9 Å². The Balaban J connectivity index is 2.38. The number of hydrogen-bond donors (Lipinski definition) is 1. The fourth-order valence-corrected chi connectivity index (χ4v) is 2.47. The number of alkyl halides is 3. The zero-order chi connectivity index (χ0) is 15.5. The highest BCUT2D eigenvalue weighted by atomic mass is 19.4. The summed E-state index contributed by atoms with van der Waals surface area (Å²) in [4.78, 5) is 12.4. The van der Waals surface area contributed by atoms with Gasteiger partial charge in [-0.05, 0) is 43.0 Å². The molecule has 0 atom stereocenters. The highest BCUT2D eigenvalue weighted by Crippen LogP contribution is 2.38. The Hall–Kier alpha value is -1.98. The second-order valence-electron chi connectivity index (χ2n) is 5.06. The summed E-state index contributed by atoms with van der Waals surface area (Å²) in [5.74, 6) is -0.691. The van der Waals surface area contributed by atoms with Crippen molar-refractivity contribution in [2.45, 2.75) is 25.4 Å². The minimum Gasteiger partial charge on any atom is -0.371 e. The molecule has 6 heteroatoms. The second kappa shape index (κ2) is 6.20. The molecular formula is C15H17F3N2O. The van der Waals surface area contributed by atoms with E-state index in [1.807, 2.05) is 0 Å². The molecule has 1 fully saturated rings. The molecule has 0 aromatic heterocycles. The first kappa shape index (κ1) is 15.4. The predicted octanol–water partition coefficient (Wildman–Crippen LogP) is 3.19. The van der Waals surface area contributed by atoms with Crippen LogP contribution in [0.15, 0.2) is 24.3 Å². The van der Waals surface area contributed by atoms with E-state index in [1.54, 1.807) is 11.0 Å². The van der Waals surface area contributed by atoms with Crippen LogP contribution in [0, 0.1) is 0 Å². The first-order chi connectivity index (χ1) is 9.88. The third-order valence-electron chi connectivity index (χ3n) is 3.46. The van der Waals surface area contributed by atoms with Crippen LogP contribution in [0.2, 0.25) is 0 Å². The number of halogens is 3. The Morgan fingerprint density at radius 3 is 2.43 bits per heavy atom. The lowest BCUT2D eigenvalue weighted by Gasteiger charge is -2.31. The van der Waals surface area contributed by atoms with Gasteiger partial charge in [-0.1, -0.05) is 6.07 Å². The van der Waals surface area contributed by atoms with Crippen molar-refractivity contribution in [1.82, 2.24) is 0 Å². The van der Waals surface area contributed by atoms with E-state index in [-0.39, 0.29) is 5.69 Å². The Morgan fingerprint density at radius 2 is 1.86 bits per heavy atom. The van der Waals surface area contributed by atoms with Crippen molar-refractivity contribution in [2.75, 3.05) is 18.0 Å². The normalized spacial score (nSPS) is 16.4. The number of hydrogen-bond acceptors (Lipinski definition) is 2. The van der Waals surface area contributed by atoms with Crippen molar-refractivity contribution in [3.63, 3.8) is 0 Å². The van der Waals surface area contributed by atoms with Crippen molar-refractivity contribution in [1.29, 1.82) is 0 Å². The Labute approximate surface area is 121 Å². The SMILES string of the molecule is NC(=O)/C=C\c1ccc(N2CCCCC2)c(C(F)(F)F)c1. The highest BCUT2D eigenvalue weighted by Gasteiger charge is 2.35. The quantitative estimate of drug-likeness (QED) is 0.871. The number of nitrogens with two attached hydrogens (primary N) is 1. The highest BCUT2D eigenvalue weighted by molar-refractivity contribution is 5.90. The summed E-state index contributed by atoms with van der Waals surface area (Å²) in [6.07, 6.45) is 0.773. The summed E-state index contributed by atoms with van der Waals surface area (Å²) in [7, 11) is 0. The van der Waals surface area contributed by atoms with Gasteiger partial charge in [0.25, 0.3) is 0 Å². The number of carbonyl (C=O) groups excluding carboxylic acids is 1. The molecule has 3 nitrogen and oxygen atoms in total. The minimum atomic E-state index is -4.43. The van der Waals surface area contributed by atoms with Crippen LogP contribution in [0.25, 0.3) is 6.08 Å². The van der Waals surface area contributed by atoms with Gasteiger partial charge < -0.3 is 10.6 Å². The van der Waals surface area contributed by atoms with Crippen LogP contribution in [0.1, 0.15) is 30.4 Å². The van der Waals surface area contributed by atoms with Crippen LogP contribution in [-0.4, -0.2) is 19.0 Å². The maximum atomic E-state index is 13.2. The Bertz CT molecular complexity index is 546. The van der Waals surface area contributed by atoms with Crippen molar-refractivity contribution in [2.24, 2.45) is 5.73 Å². The molecule has 1 amide bonds. The average Bonchev–Trinajstić information content (AvgIpc) is 2.45. The number of rotatable bonds is 3. The number of nitrogens with zero attached hydrogens (tertiary/aromatic N) is 1. The van der Waals surface area contributed by atoms with E-state index in [4.69, 9.17) is 5.73 Å². The molecule has 0 saturated carbocycles. The first-order valence-electron chi connectivity index (χ1n) is 6.81. The molecule has 2 N–H and O–H groups in total. The Kier molecular flexibility index (Phi) is 4.55. The van der Waals surface area contributed by atoms with E-state index in [0.717, 1.165) is 31.4 Å². The minimum absolute atomic E-state index is 0.207. The van der Waals surface area contributed by atoms with E-state index >= 15 is 0 Å². The molecule has 0 radical (unpaired) electrons. The van der Waals surface area contributed by atoms with Gasteiger partial charge >= 0.3 is 6.18 Å². The van der Waals surface area contributed by atoms with Gasteiger partial charge in [0.05, 0.1) is 5.56 Å². The monoisotopic (exact) mass is 298 g/mol. The largest absolute Gasteiger partial charge is 0.418 e. The molecular weight excluding hydrogens is 281 g/mol. The van der Waals surface area contributed by atoms with E-state index in [0.29, 0.717) is 18.7 Å². The molecule has 1 saturated heterocycles. The fraction of sp³-hybridized carbons (Fsp3) is 0.400. The van der Waals surface area contributed by atoms with Crippen LogP contribution in [0.5, 0.6) is 0 Å². The van der Waals surface area contributed by atoms with Crippen LogP contribution in [-0.2, 0) is 11.0 Å². The topological polar surface area (TPSA) is 46.3 Å². The third-order valence-corrected chi connectivity index (χ3v) is 3.46. The number of piperidine rings is 1.